The number of nitrogens with one attached hydrogen (secondary N) is 1. The number of carbonyl (C=O) groups is 1. The van der Waals surface area contributed by atoms with Crippen molar-refractivity contribution in [2.45, 2.75) is 39.7 Å². The summed E-state index contributed by atoms with van der Waals surface area (Å²) in [6, 6.07) is 3.86. The molecule has 0 radical (unpaired) electrons. The number of hydrogen-bond acceptors (Lipinski definition) is 4. The van der Waals surface area contributed by atoms with Gasteiger partial charge in [-0.25, -0.2) is 4.98 Å². The van der Waals surface area contributed by atoms with Gasteiger partial charge >= 0.3 is 0 Å². The van der Waals surface area contributed by atoms with Gasteiger partial charge in [0.1, 0.15) is 11.9 Å². The zero-order valence-electron chi connectivity index (χ0n) is 13.2. The molecule has 1 fully saturated rings. The van der Waals surface area contributed by atoms with Gasteiger partial charge in [0.2, 0.25) is 5.91 Å². The van der Waals surface area contributed by atoms with Crippen molar-refractivity contribution in [2.75, 3.05) is 18.0 Å². The van der Waals surface area contributed by atoms with Gasteiger partial charge in [-0.05, 0) is 18.9 Å². The maximum absolute atomic E-state index is 12.0. The van der Waals surface area contributed by atoms with Gasteiger partial charge in [0.15, 0.2) is 0 Å². The number of halogens is 1. The lowest BCUT2D eigenvalue weighted by Crippen LogP contribution is -2.48. The highest BCUT2D eigenvalue weighted by Crippen LogP contribution is 2.27. The number of rotatable bonds is 2. The maximum atomic E-state index is 12.0. The van der Waals surface area contributed by atoms with Crippen molar-refractivity contribution in [3.8, 4) is 6.07 Å². The molecule has 2 heterocycles. The second-order valence-corrected chi connectivity index (χ2v) is 7.03. The summed E-state index contributed by atoms with van der Waals surface area (Å²) in [5, 5.41) is 12.4. The van der Waals surface area contributed by atoms with E-state index in [1.54, 1.807) is 6.07 Å². The molecule has 1 N–H and O–H groups in total. The molecule has 0 spiro atoms. The second kappa shape index (κ2) is 6.53. The fourth-order valence-corrected chi connectivity index (χ4v) is 2.65. The van der Waals surface area contributed by atoms with Crippen LogP contribution in [0.4, 0.5) is 5.82 Å². The van der Waals surface area contributed by atoms with Crippen LogP contribution in [-0.4, -0.2) is 30.0 Å². The molecule has 1 aromatic rings. The molecular weight excluding hydrogens is 300 g/mol. The molecular formula is C16H21ClN4O. The zero-order valence-corrected chi connectivity index (χ0v) is 13.9. The van der Waals surface area contributed by atoms with Crippen LogP contribution in [0.5, 0.6) is 0 Å². The van der Waals surface area contributed by atoms with Crippen LogP contribution in [0.1, 0.15) is 39.2 Å². The van der Waals surface area contributed by atoms with Crippen LogP contribution in [0.3, 0.4) is 0 Å². The van der Waals surface area contributed by atoms with Crippen molar-refractivity contribution in [3.05, 3.63) is 22.8 Å². The third-order valence-electron chi connectivity index (χ3n) is 3.76. The molecule has 0 aliphatic carbocycles. The number of nitriles is 1. The number of nitrogens with zero attached hydrogens (tertiary/aromatic N) is 3. The minimum absolute atomic E-state index is 0.0838. The van der Waals surface area contributed by atoms with E-state index < -0.39 is 0 Å². The number of piperidine rings is 1. The first-order chi connectivity index (χ1) is 10.3. The SMILES string of the molecule is CC(C)(C)C(=O)NC1CCN(c2ncc(C#N)cc2Cl)CC1. The topological polar surface area (TPSA) is 69.0 Å². The van der Waals surface area contributed by atoms with Crippen LogP contribution in [-0.2, 0) is 4.79 Å². The molecule has 2 rings (SSSR count). The monoisotopic (exact) mass is 320 g/mol. The highest BCUT2D eigenvalue weighted by Gasteiger charge is 2.27. The van der Waals surface area contributed by atoms with Gasteiger partial charge in [0, 0.05) is 30.7 Å². The van der Waals surface area contributed by atoms with E-state index in [4.69, 9.17) is 16.9 Å². The fourth-order valence-electron chi connectivity index (χ4n) is 2.36. The quantitative estimate of drug-likeness (QED) is 0.909. The zero-order chi connectivity index (χ0) is 16.3. The molecule has 22 heavy (non-hydrogen) atoms. The van der Waals surface area contributed by atoms with Gasteiger partial charge in [-0.2, -0.15) is 5.26 Å². The molecule has 0 atom stereocenters. The van der Waals surface area contributed by atoms with Crippen molar-refractivity contribution in [2.24, 2.45) is 5.41 Å². The van der Waals surface area contributed by atoms with Gasteiger partial charge in [-0.15, -0.1) is 0 Å². The Morgan fingerprint density at radius 2 is 2.09 bits per heavy atom. The lowest BCUT2D eigenvalue weighted by atomic mass is 9.94. The minimum atomic E-state index is -0.366. The minimum Gasteiger partial charge on any atom is -0.355 e. The summed E-state index contributed by atoms with van der Waals surface area (Å²) in [7, 11) is 0. The van der Waals surface area contributed by atoms with Crippen LogP contribution >= 0.6 is 11.6 Å². The number of pyridine rings is 1. The Kier molecular flexibility index (Phi) is 4.92. The van der Waals surface area contributed by atoms with Gasteiger partial charge < -0.3 is 10.2 Å². The van der Waals surface area contributed by atoms with E-state index in [1.807, 2.05) is 26.8 Å². The first-order valence-corrected chi connectivity index (χ1v) is 7.80. The summed E-state index contributed by atoms with van der Waals surface area (Å²) in [6.45, 7) is 7.31. The molecule has 1 aromatic heterocycles. The smallest absolute Gasteiger partial charge is 0.225 e. The summed E-state index contributed by atoms with van der Waals surface area (Å²) in [6.07, 6.45) is 3.26. The predicted octanol–water partition coefficient (Wildman–Crippen LogP) is 2.74. The fraction of sp³-hybridized carbons (Fsp3) is 0.562. The van der Waals surface area contributed by atoms with Crippen LogP contribution in [0.2, 0.25) is 5.02 Å². The van der Waals surface area contributed by atoms with Crippen LogP contribution in [0.25, 0.3) is 0 Å². The lowest BCUT2D eigenvalue weighted by Gasteiger charge is -2.34. The number of hydrogen-bond donors (Lipinski definition) is 1. The Labute approximate surface area is 136 Å². The molecule has 1 amide bonds. The van der Waals surface area contributed by atoms with Gasteiger partial charge in [0.05, 0.1) is 10.6 Å². The molecule has 1 saturated heterocycles. The van der Waals surface area contributed by atoms with Crippen LogP contribution in [0, 0.1) is 16.7 Å². The van der Waals surface area contributed by atoms with Crippen molar-refractivity contribution < 1.29 is 4.79 Å². The highest BCUT2D eigenvalue weighted by atomic mass is 35.5. The first kappa shape index (κ1) is 16.6. The Hall–Kier alpha value is -1.80. The summed E-state index contributed by atoms with van der Waals surface area (Å²) < 4.78 is 0. The van der Waals surface area contributed by atoms with E-state index in [0.717, 1.165) is 25.9 Å². The van der Waals surface area contributed by atoms with Crippen molar-refractivity contribution in [1.82, 2.24) is 10.3 Å². The first-order valence-electron chi connectivity index (χ1n) is 7.43. The standard InChI is InChI=1S/C16H21ClN4O/c1-16(2,3)15(22)20-12-4-6-21(7-5-12)14-13(17)8-11(9-18)10-19-14/h8,10,12H,4-7H2,1-3H3,(H,20,22). The predicted molar refractivity (Wildman–Crippen MR) is 86.8 cm³/mol. The van der Waals surface area contributed by atoms with Crippen LogP contribution < -0.4 is 10.2 Å². The largest absolute Gasteiger partial charge is 0.355 e. The van der Waals surface area contributed by atoms with E-state index in [-0.39, 0.29) is 17.4 Å². The van der Waals surface area contributed by atoms with E-state index >= 15 is 0 Å². The molecule has 1 aliphatic rings. The third-order valence-corrected chi connectivity index (χ3v) is 4.04. The maximum Gasteiger partial charge on any atom is 0.225 e. The van der Waals surface area contributed by atoms with Crippen molar-refractivity contribution in [3.63, 3.8) is 0 Å². The molecule has 118 valence electrons. The Bertz CT molecular complexity index is 595. The molecule has 5 nitrogen and oxygen atoms in total. The number of carbonyl (C=O) groups excluding carboxylic acids is 1. The second-order valence-electron chi connectivity index (χ2n) is 6.63. The average Bonchev–Trinajstić information content (AvgIpc) is 2.47. The third kappa shape index (κ3) is 3.89. The van der Waals surface area contributed by atoms with Crippen molar-refractivity contribution in [1.29, 1.82) is 5.26 Å². The van der Waals surface area contributed by atoms with Crippen molar-refractivity contribution >= 4 is 23.3 Å². The summed E-state index contributed by atoms with van der Waals surface area (Å²) >= 11 is 6.20. The Balaban J connectivity index is 1.95. The molecule has 0 unspecified atom stereocenters. The number of anilines is 1. The Morgan fingerprint density at radius 1 is 1.45 bits per heavy atom. The highest BCUT2D eigenvalue weighted by molar-refractivity contribution is 6.33. The normalized spacial score (nSPS) is 16.2. The van der Waals surface area contributed by atoms with Gasteiger partial charge in [0.25, 0.3) is 0 Å². The molecule has 6 heteroatoms. The van der Waals surface area contributed by atoms with Gasteiger partial charge in [-0.1, -0.05) is 32.4 Å². The number of amides is 1. The van der Waals surface area contributed by atoms with E-state index in [2.05, 4.69) is 15.2 Å². The lowest BCUT2D eigenvalue weighted by molar-refractivity contribution is -0.129. The van der Waals surface area contributed by atoms with E-state index in [1.165, 1.54) is 6.20 Å². The molecule has 0 aromatic carbocycles. The summed E-state index contributed by atoms with van der Waals surface area (Å²) in [5.74, 6) is 0.793. The summed E-state index contributed by atoms with van der Waals surface area (Å²) in [4.78, 5) is 18.4. The number of aromatic nitrogens is 1. The van der Waals surface area contributed by atoms with E-state index in [0.29, 0.717) is 16.4 Å². The Morgan fingerprint density at radius 3 is 2.59 bits per heavy atom. The average molecular weight is 321 g/mol. The molecule has 0 saturated carbocycles. The van der Waals surface area contributed by atoms with Crippen LogP contribution in [0.15, 0.2) is 12.3 Å². The van der Waals surface area contributed by atoms with E-state index in [9.17, 15) is 4.79 Å². The summed E-state index contributed by atoms with van der Waals surface area (Å²) in [5.41, 5.74) is 0.0934. The van der Waals surface area contributed by atoms with Gasteiger partial charge in [-0.3, -0.25) is 4.79 Å². The molecule has 1 aliphatic heterocycles. The molecule has 0 bridgehead atoms.